The van der Waals surface area contributed by atoms with Crippen LogP contribution in [-0.2, 0) is 9.47 Å². The summed E-state index contributed by atoms with van der Waals surface area (Å²) in [6.07, 6.45) is 6.56. The summed E-state index contributed by atoms with van der Waals surface area (Å²) in [6, 6.07) is 0. The lowest BCUT2D eigenvalue weighted by molar-refractivity contribution is 0.0538. The van der Waals surface area contributed by atoms with Gasteiger partial charge in [0.15, 0.2) is 0 Å². The van der Waals surface area contributed by atoms with Gasteiger partial charge in [0.05, 0.1) is 6.61 Å². The molecule has 1 saturated carbocycles. The molecule has 0 aliphatic heterocycles. The van der Waals surface area contributed by atoms with Gasteiger partial charge >= 0.3 is 0 Å². The van der Waals surface area contributed by atoms with Crippen molar-refractivity contribution in [3.63, 3.8) is 0 Å². The normalized spacial score (nSPS) is 27.8. The second kappa shape index (κ2) is 8.35. The molecule has 0 bridgehead atoms. The molecule has 1 N–H and O–H groups in total. The van der Waals surface area contributed by atoms with E-state index >= 15 is 0 Å². The number of nitrogens with one attached hydrogen (secondary N) is 1. The molecule has 0 saturated heterocycles. The molecule has 0 radical (unpaired) electrons. The van der Waals surface area contributed by atoms with Crippen molar-refractivity contribution in [3.05, 3.63) is 0 Å². The minimum absolute atomic E-state index is 0.436. The Bertz CT molecular complexity index is 252. The number of methoxy groups -OCH3 is 2. The number of hydrogen-bond donors (Lipinski definition) is 1. The highest BCUT2D eigenvalue weighted by molar-refractivity contribution is 4.90. The van der Waals surface area contributed by atoms with Gasteiger partial charge in [0, 0.05) is 33.9 Å². The Morgan fingerprint density at radius 3 is 2.15 bits per heavy atom. The summed E-state index contributed by atoms with van der Waals surface area (Å²) in [5, 5.41) is 3.58. The molecule has 1 aliphatic rings. The highest BCUT2D eigenvalue weighted by Crippen LogP contribution is 2.46. The van der Waals surface area contributed by atoms with Crippen LogP contribution in [0, 0.1) is 16.7 Å². The molecule has 1 fully saturated rings. The third kappa shape index (κ3) is 5.71. The minimum Gasteiger partial charge on any atom is -0.385 e. The smallest absolute Gasteiger partial charge is 0.0587 e. The van der Waals surface area contributed by atoms with Crippen molar-refractivity contribution in [2.75, 3.05) is 40.5 Å². The molecule has 1 rings (SSSR count). The Morgan fingerprint density at radius 1 is 1.05 bits per heavy atom. The molecule has 3 heteroatoms. The Hall–Kier alpha value is -0.120. The van der Waals surface area contributed by atoms with Crippen LogP contribution in [-0.4, -0.2) is 40.5 Å². The van der Waals surface area contributed by atoms with Crippen LogP contribution in [0.5, 0.6) is 0 Å². The van der Waals surface area contributed by atoms with Crippen LogP contribution in [0.4, 0.5) is 0 Å². The molecule has 0 heterocycles. The maximum Gasteiger partial charge on any atom is 0.0587 e. The lowest BCUT2D eigenvalue weighted by Gasteiger charge is -2.44. The highest BCUT2D eigenvalue weighted by Gasteiger charge is 2.38. The first-order valence-electron chi connectivity index (χ1n) is 8.12. The fourth-order valence-electron chi connectivity index (χ4n) is 3.46. The zero-order valence-corrected chi connectivity index (χ0v) is 14.3. The van der Waals surface area contributed by atoms with E-state index in [1.807, 2.05) is 7.11 Å². The van der Waals surface area contributed by atoms with Gasteiger partial charge in [-0.25, -0.2) is 0 Å². The molecular weight excluding hydrogens is 250 g/mol. The Kier molecular flexibility index (Phi) is 7.49. The van der Waals surface area contributed by atoms with Gasteiger partial charge in [0.1, 0.15) is 0 Å². The van der Waals surface area contributed by atoms with E-state index < -0.39 is 0 Å². The predicted molar refractivity (Wildman–Crippen MR) is 85.1 cm³/mol. The Morgan fingerprint density at radius 2 is 1.65 bits per heavy atom. The average molecular weight is 285 g/mol. The first kappa shape index (κ1) is 17.9. The largest absolute Gasteiger partial charge is 0.385 e. The van der Waals surface area contributed by atoms with Gasteiger partial charge in [-0.1, -0.05) is 20.8 Å². The topological polar surface area (TPSA) is 30.5 Å². The van der Waals surface area contributed by atoms with Crippen LogP contribution < -0.4 is 5.32 Å². The van der Waals surface area contributed by atoms with Crippen LogP contribution in [0.3, 0.4) is 0 Å². The maximum absolute atomic E-state index is 5.34. The van der Waals surface area contributed by atoms with E-state index in [-0.39, 0.29) is 0 Å². The van der Waals surface area contributed by atoms with E-state index in [2.05, 4.69) is 26.1 Å². The molecule has 0 atom stereocenters. The van der Waals surface area contributed by atoms with Crippen LogP contribution in [0.25, 0.3) is 0 Å². The molecule has 0 spiro atoms. The molecular formula is C17H35NO2. The van der Waals surface area contributed by atoms with Gasteiger partial charge in [-0.05, 0) is 48.9 Å². The molecule has 20 heavy (non-hydrogen) atoms. The molecule has 3 nitrogen and oxygen atoms in total. The third-order valence-electron chi connectivity index (χ3n) is 5.09. The zero-order valence-electron chi connectivity index (χ0n) is 14.3. The van der Waals surface area contributed by atoms with Gasteiger partial charge in [-0.15, -0.1) is 0 Å². The summed E-state index contributed by atoms with van der Waals surface area (Å²) in [4.78, 5) is 0. The Balaban J connectivity index is 2.49. The lowest BCUT2D eigenvalue weighted by atomic mass is 9.63. The SMILES string of the molecule is COCCNCC1(CCOC)CCC(C(C)(C)C)CC1. The van der Waals surface area contributed by atoms with Crippen molar-refractivity contribution in [1.82, 2.24) is 5.32 Å². The van der Waals surface area contributed by atoms with Crippen LogP contribution in [0.15, 0.2) is 0 Å². The standard InChI is InChI=1S/C17H35NO2/c1-16(2,3)15-6-8-17(9-7-15,10-12-19-4)14-18-11-13-20-5/h15,18H,6-14H2,1-5H3. The van der Waals surface area contributed by atoms with Gasteiger partial charge in [-0.3, -0.25) is 0 Å². The molecule has 120 valence electrons. The Labute approximate surface area is 125 Å². The summed E-state index contributed by atoms with van der Waals surface area (Å²) in [5.41, 5.74) is 0.891. The van der Waals surface area contributed by atoms with Crippen molar-refractivity contribution in [2.45, 2.75) is 52.9 Å². The van der Waals surface area contributed by atoms with Gasteiger partial charge < -0.3 is 14.8 Å². The minimum atomic E-state index is 0.436. The van der Waals surface area contributed by atoms with Crippen molar-refractivity contribution in [3.8, 4) is 0 Å². The summed E-state index contributed by atoms with van der Waals surface area (Å²) in [5.74, 6) is 0.872. The molecule has 0 amide bonds. The zero-order chi connectivity index (χ0) is 15.1. The van der Waals surface area contributed by atoms with E-state index in [9.17, 15) is 0 Å². The number of ether oxygens (including phenoxy) is 2. The van der Waals surface area contributed by atoms with Gasteiger partial charge in [0.2, 0.25) is 0 Å². The number of hydrogen-bond acceptors (Lipinski definition) is 3. The first-order chi connectivity index (χ1) is 9.43. The second-order valence-electron chi connectivity index (χ2n) is 7.55. The highest BCUT2D eigenvalue weighted by atomic mass is 16.5. The van der Waals surface area contributed by atoms with Crippen molar-refractivity contribution >= 4 is 0 Å². The van der Waals surface area contributed by atoms with E-state index in [4.69, 9.17) is 9.47 Å². The van der Waals surface area contributed by atoms with E-state index in [1.54, 1.807) is 7.11 Å². The second-order valence-corrected chi connectivity index (χ2v) is 7.55. The molecule has 0 aromatic carbocycles. The molecule has 1 aliphatic carbocycles. The van der Waals surface area contributed by atoms with E-state index in [0.717, 1.165) is 32.2 Å². The fraction of sp³-hybridized carbons (Fsp3) is 1.00. The van der Waals surface area contributed by atoms with Crippen molar-refractivity contribution in [2.24, 2.45) is 16.7 Å². The van der Waals surface area contributed by atoms with E-state index in [0.29, 0.717) is 10.8 Å². The maximum atomic E-state index is 5.34. The van der Waals surface area contributed by atoms with Gasteiger partial charge in [0.25, 0.3) is 0 Å². The summed E-state index contributed by atoms with van der Waals surface area (Å²) >= 11 is 0. The fourth-order valence-corrected chi connectivity index (χ4v) is 3.46. The summed E-state index contributed by atoms with van der Waals surface area (Å²) in [7, 11) is 3.57. The first-order valence-corrected chi connectivity index (χ1v) is 8.12. The lowest BCUT2D eigenvalue weighted by Crippen LogP contribution is -2.41. The summed E-state index contributed by atoms with van der Waals surface area (Å²) < 4.78 is 10.5. The summed E-state index contributed by atoms with van der Waals surface area (Å²) in [6.45, 7) is 10.9. The molecule has 0 aromatic rings. The van der Waals surface area contributed by atoms with Crippen LogP contribution >= 0.6 is 0 Å². The molecule has 0 unspecified atom stereocenters. The predicted octanol–water partition coefficient (Wildman–Crippen LogP) is 3.48. The van der Waals surface area contributed by atoms with Crippen molar-refractivity contribution in [1.29, 1.82) is 0 Å². The monoisotopic (exact) mass is 285 g/mol. The average Bonchev–Trinajstić information content (AvgIpc) is 2.41. The van der Waals surface area contributed by atoms with Gasteiger partial charge in [-0.2, -0.15) is 0 Å². The molecule has 0 aromatic heterocycles. The van der Waals surface area contributed by atoms with Crippen molar-refractivity contribution < 1.29 is 9.47 Å². The quantitative estimate of drug-likeness (QED) is 0.693. The van der Waals surface area contributed by atoms with Crippen LogP contribution in [0.1, 0.15) is 52.9 Å². The number of rotatable bonds is 8. The van der Waals surface area contributed by atoms with Crippen LogP contribution in [0.2, 0.25) is 0 Å². The third-order valence-corrected chi connectivity index (χ3v) is 5.09. The van der Waals surface area contributed by atoms with E-state index in [1.165, 1.54) is 32.1 Å².